The van der Waals surface area contributed by atoms with Gasteiger partial charge >= 0.3 is 0 Å². The van der Waals surface area contributed by atoms with Crippen LogP contribution in [0.5, 0.6) is 17.5 Å². The molecule has 0 aromatic carbocycles. The zero-order chi connectivity index (χ0) is 12.3. The number of nitrogen functional groups attached to an aromatic ring is 1. The molecule has 0 aliphatic rings. The SMILES string of the molecule is CCn1cc(Oc2ccc(N)c(OC)n2)cn1. The number of anilines is 1. The summed E-state index contributed by atoms with van der Waals surface area (Å²) in [5, 5.41) is 4.10. The first-order valence-corrected chi connectivity index (χ1v) is 5.23. The van der Waals surface area contributed by atoms with Crippen molar-refractivity contribution in [2.24, 2.45) is 0 Å². The zero-order valence-electron chi connectivity index (χ0n) is 9.75. The summed E-state index contributed by atoms with van der Waals surface area (Å²) < 4.78 is 12.3. The predicted molar refractivity (Wildman–Crippen MR) is 63.2 cm³/mol. The standard InChI is InChI=1S/C11H14N4O2/c1-3-15-7-8(6-13-15)17-10-5-4-9(12)11(14-10)16-2/h4-7H,3,12H2,1-2H3. The Morgan fingerprint density at radius 3 is 2.88 bits per heavy atom. The summed E-state index contributed by atoms with van der Waals surface area (Å²) >= 11 is 0. The molecular weight excluding hydrogens is 220 g/mol. The van der Waals surface area contributed by atoms with E-state index in [0.717, 1.165) is 6.54 Å². The first kappa shape index (κ1) is 11.3. The van der Waals surface area contributed by atoms with Crippen LogP contribution >= 0.6 is 0 Å². The number of hydrogen-bond donors (Lipinski definition) is 1. The van der Waals surface area contributed by atoms with E-state index < -0.39 is 0 Å². The van der Waals surface area contributed by atoms with E-state index in [9.17, 15) is 0 Å². The average Bonchev–Trinajstić information content (AvgIpc) is 2.79. The van der Waals surface area contributed by atoms with Crippen molar-refractivity contribution in [3.05, 3.63) is 24.5 Å². The predicted octanol–water partition coefficient (Wildman–Crippen LogP) is 1.68. The number of pyridine rings is 1. The monoisotopic (exact) mass is 234 g/mol. The van der Waals surface area contributed by atoms with Crippen molar-refractivity contribution >= 4 is 5.69 Å². The zero-order valence-corrected chi connectivity index (χ0v) is 9.75. The maximum absolute atomic E-state index is 5.66. The Morgan fingerprint density at radius 1 is 1.41 bits per heavy atom. The topological polar surface area (TPSA) is 75.2 Å². The molecule has 0 atom stereocenters. The fourth-order valence-electron chi connectivity index (χ4n) is 1.35. The number of ether oxygens (including phenoxy) is 2. The van der Waals surface area contributed by atoms with E-state index in [-0.39, 0.29) is 0 Å². The third-order valence-corrected chi connectivity index (χ3v) is 2.21. The van der Waals surface area contributed by atoms with Gasteiger partial charge in [-0.25, -0.2) is 0 Å². The van der Waals surface area contributed by atoms with Crippen LogP contribution in [0.15, 0.2) is 24.5 Å². The van der Waals surface area contributed by atoms with E-state index in [1.807, 2.05) is 6.92 Å². The van der Waals surface area contributed by atoms with Gasteiger partial charge in [0.25, 0.3) is 0 Å². The summed E-state index contributed by atoms with van der Waals surface area (Å²) in [5.41, 5.74) is 6.14. The molecule has 0 fully saturated rings. The maximum atomic E-state index is 5.66. The lowest BCUT2D eigenvalue weighted by molar-refractivity contribution is 0.385. The second-order valence-electron chi connectivity index (χ2n) is 3.38. The van der Waals surface area contributed by atoms with E-state index in [4.69, 9.17) is 15.2 Å². The maximum Gasteiger partial charge on any atom is 0.240 e. The van der Waals surface area contributed by atoms with Gasteiger partial charge in [-0.1, -0.05) is 0 Å². The van der Waals surface area contributed by atoms with Gasteiger partial charge in [0.05, 0.1) is 25.2 Å². The highest BCUT2D eigenvalue weighted by Gasteiger charge is 2.06. The van der Waals surface area contributed by atoms with Gasteiger partial charge in [-0.15, -0.1) is 0 Å². The van der Waals surface area contributed by atoms with Gasteiger partial charge in [0, 0.05) is 12.6 Å². The van der Waals surface area contributed by atoms with Crippen LogP contribution in [-0.2, 0) is 6.54 Å². The van der Waals surface area contributed by atoms with Crippen LogP contribution in [0.2, 0.25) is 0 Å². The van der Waals surface area contributed by atoms with Gasteiger partial charge in [0.1, 0.15) is 0 Å². The number of hydrogen-bond acceptors (Lipinski definition) is 5. The van der Waals surface area contributed by atoms with E-state index >= 15 is 0 Å². The van der Waals surface area contributed by atoms with E-state index in [0.29, 0.717) is 23.2 Å². The fourth-order valence-corrected chi connectivity index (χ4v) is 1.35. The third-order valence-electron chi connectivity index (χ3n) is 2.21. The number of nitrogens with zero attached hydrogens (tertiary/aromatic N) is 3. The van der Waals surface area contributed by atoms with Crippen LogP contribution < -0.4 is 15.2 Å². The summed E-state index contributed by atoms with van der Waals surface area (Å²) in [6.45, 7) is 2.79. The summed E-state index contributed by atoms with van der Waals surface area (Å²) in [6, 6.07) is 3.37. The molecular formula is C11H14N4O2. The lowest BCUT2D eigenvalue weighted by Gasteiger charge is -2.06. The molecule has 2 rings (SSSR count). The number of methoxy groups -OCH3 is 1. The lowest BCUT2D eigenvalue weighted by Crippen LogP contribution is -1.96. The van der Waals surface area contributed by atoms with Gasteiger partial charge in [0.2, 0.25) is 11.8 Å². The van der Waals surface area contributed by atoms with Crippen molar-refractivity contribution in [1.82, 2.24) is 14.8 Å². The minimum Gasteiger partial charge on any atom is -0.479 e. The molecule has 0 unspecified atom stereocenters. The number of aryl methyl sites for hydroxylation is 1. The van der Waals surface area contributed by atoms with Crippen molar-refractivity contribution in [2.45, 2.75) is 13.5 Å². The molecule has 2 N–H and O–H groups in total. The molecule has 6 nitrogen and oxygen atoms in total. The fraction of sp³-hybridized carbons (Fsp3) is 0.273. The summed E-state index contributed by atoms with van der Waals surface area (Å²) in [7, 11) is 1.51. The normalized spacial score (nSPS) is 10.2. The number of aromatic nitrogens is 3. The molecule has 0 aliphatic heterocycles. The van der Waals surface area contributed by atoms with Gasteiger partial charge in [-0.05, 0) is 13.0 Å². The van der Waals surface area contributed by atoms with E-state index in [1.54, 1.807) is 29.2 Å². The van der Waals surface area contributed by atoms with E-state index in [2.05, 4.69) is 10.1 Å². The van der Waals surface area contributed by atoms with Crippen molar-refractivity contribution in [2.75, 3.05) is 12.8 Å². The first-order chi connectivity index (χ1) is 8.22. The molecule has 17 heavy (non-hydrogen) atoms. The molecule has 0 saturated carbocycles. The molecule has 0 bridgehead atoms. The van der Waals surface area contributed by atoms with Crippen LogP contribution in [0.25, 0.3) is 0 Å². The Labute approximate surface area is 99.0 Å². The second-order valence-corrected chi connectivity index (χ2v) is 3.38. The highest BCUT2D eigenvalue weighted by Crippen LogP contribution is 2.25. The molecule has 0 saturated heterocycles. The number of nitrogens with two attached hydrogens (primary N) is 1. The quantitative estimate of drug-likeness (QED) is 0.871. The third kappa shape index (κ3) is 2.47. The van der Waals surface area contributed by atoms with Crippen LogP contribution in [0.4, 0.5) is 5.69 Å². The largest absolute Gasteiger partial charge is 0.479 e. The van der Waals surface area contributed by atoms with Crippen molar-refractivity contribution in [3.63, 3.8) is 0 Å². The van der Waals surface area contributed by atoms with Crippen LogP contribution in [-0.4, -0.2) is 21.9 Å². The minimum atomic E-state index is 0.352. The molecule has 0 amide bonds. The summed E-state index contributed by atoms with van der Waals surface area (Å²) in [6.07, 6.45) is 3.43. The second kappa shape index (κ2) is 4.73. The summed E-state index contributed by atoms with van der Waals surface area (Å²) in [5.74, 6) is 1.41. The van der Waals surface area contributed by atoms with E-state index in [1.165, 1.54) is 7.11 Å². The highest BCUT2D eigenvalue weighted by atomic mass is 16.5. The molecule has 0 aliphatic carbocycles. The Bertz CT molecular complexity index is 510. The van der Waals surface area contributed by atoms with Crippen molar-refractivity contribution in [3.8, 4) is 17.5 Å². The lowest BCUT2D eigenvalue weighted by atomic mass is 10.4. The summed E-state index contributed by atoms with van der Waals surface area (Å²) in [4.78, 5) is 4.11. The van der Waals surface area contributed by atoms with Crippen LogP contribution in [0, 0.1) is 0 Å². The molecule has 0 spiro atoms. The highest BCUT2D eigenvalue weighted by molar-refractivity contribution is 5.49. The Hall–Kier alpha value is -2.24. The van der Waals surface area contributed by atoms with Gasteiger partial charge in [-0.3, -0.25) is 4.68 Å². The molecule has 2 aromatic rings. The van der Waals surface area contributed by atoms with Crippen LogP contribution in [0.1, 0.15) is 6.92 Å². The molecule has 6 heteroatoms. The minimum absolute atomic E-state index is 0.352. The average molecular weight is 234 g/mol. The van der Waals surface area contributed by atoms with Gasteiger partial charge in [0.15, 0.2) is 5.75 Å². The smallest absolute Gasteiger partial charge is 0.240 e. The molecule has 0 radical (unpaired) electrons. The molecule has 90 valence electrons. The van der Waals surface area contributed by atoms with Gasteiger partial charge < -0.3 is 15.2 Å². The molecule has 2 heterocycles. The molecule has 2 aromatic heterocycles. The Kier molecular flexibility index (Phi) is 3.13. The van der Waals surface area contributed by atoms with Crippen molar-refractivity contribution < 1.29 is 9.47 Å². The Morgan fingerprint density at radius 2 is 2.24 bits per heavy atom. The number of rotatable bonds is 4. The first-order valence-electron chi connectivity index (χ1n) is 5.23. The van der Waals surface area contributed by atoms with Crippen molar-refractivity contribution in [1.29, 1.82) is 0 Å². The Balaban J connectivity index is 2.18. The van der Waals surface area contributed by atoms with Gasteiger partial charge in [-0.2, -0.15) is 10.1 Å². The van der Waals surface area contributed by atoms with Crippen LogP contribution in [0.3, 0.4) is 0 Å².